The van der Waals surface area contributed by atoms with E-state index in [4.69, 9.17) is 0 Å². The third kappa shape index (κ3) is 5.22. The summed E-state index contributed by atoms with van der Waals surface area (Å²) in [6.45, 7) is 12.3. The zero-order valence-corrected chi connectivity index (χ0v) is 22.5. The Labute approximate surface area is 202 Å². The van der Waals surface area contributed by atoms with Crippen LogP contribution in [0.4, 0.5) is 0 Å². The summed E-state index contributed by atoms with van der Waals surface area (Å²) in [4.78, 5) is 15.1. The lowest BCUT2D eigenvalue weighted by atomic mass is 9.84. The molecular formula is C24H34N2O6S2. The van der Waals surface area contributed by atoms with Crippen LogP contribution in [-0.4, -0.2) is 63.1 Å². The van der Waals surface area contributed by atoms with Crippen LogP contribution in [0.1, 0.15) is 59.1 Å². The van der Waals surface area contributed by atoms with Crippen molar-refractivity contribution in [2.75, 3.05) is 18.6 Å². The SMILES string of the molecule is CC(C)(C)CCN1C(=O)C(C2=NS(=O)(=O)c3c(CCS(C)(=O)=O)cccc32)=C(O)[C@@H]1C(C)(C)C. The van der Waals surface area contributed by atoms with Crippen LogP contribution in [0.15, 0.2) is 38.8 Å². The van der Waals surface area contributed by atoms with Crippen molar-refractivity contribution in [3.05, 3.63) is 40.7 Å². The van der Waals surface area contributed by atoms with E-state index in [1.807, 2.05) is 20.8 Å². The standard InChI is InChI=1S/C24H34N2O6S2/c1-23(2,3)12-13-26-21(24(4,5)6)19(27)17(22(26)28)18-16-10-8-9-15(11-14-33(7,29)30)20(16)34(31,32)25-18/h8-10,21,27H,11-14H2,1-7H3/t21-/m1/s1. The van der Waals surface area contributed by atoms with Crippen molar-refractivity contribution < 1.29 is 26.7 Å². The molecule has 0 saturated carbocycles. The van der Waals surface area contributed by atoms with Gasteiger partial charge in [0.05, 0.1) is 11.8 Å². The van der Waals surface area contributed by atoms with Gasteiger partial charge in [-0.2, -0.15) is 12.8 Å². The van der Waals surface area contributed by atoms with Gasteiger partial charge >= 0.3 is 0 Å². The molecule has 1 N–H and O–H groups in total. The predicted molar refractivity (Wildman–Crippen MR) is 132 cm³/mol. The van der Waals surface area contributed by atoms with Crippen LogP contribution >= 0.6 is 0 Å². The van der Waals surface area contributed by atoms with Gasteiger partial charge in [0, 0.05) is 18.4 Å². The molecule has 0 aromatic heterocycles. The van der Waals surface area contributed by atoms with E-state index >= 15 is 0 Å². The number of sulfonamides is 1. The van der Waals surface area contributed by atoms with Gasteiger partial charge in [-0.05, 0) is 29.2 Å². The highest BCUT2D eigenvalue weighted by Gasteiger charge is 2.49. The van der Waals surface area contributed by atoms with Crippen LogP contribution in [0.3, 0.4) is 0 Å². The number of fused-ring (bicyclic) bond motifs is 1. The number of hydrogen-bond donors (Lipinski definition) is 1. The highest BCUT2D eigenvalue weighted by atomic mass is 32.2. The summed E-state index contributed by atoms with van der Waals surface area (Å²) in [5.41, 5.74) is -0.188. The molecule has 3 rings (SSSR count). The Kier molecular flexibility index (Phi) is 6.58. The Bertz CT molecular complexity index is 1290. The molecule has 2 aliphatic rings. The Hall–Kier alpha value is -2.20. The van der Waals surface area contributed by atoms with E-state index in [2.05, 4.69) is 25.2 Å². The van der Waals surface area contributed by atoms with Crippen LogP contribution in [0.5, 0.6) is 0 Å². The number of aryl methyl sites for hydroxylation is 1. The second kappa shape index (κ2) is 8.48. The quantitative estimate of drug-likeness (QED) is 0.627. The number of sulfone groups is 1. The Morgan fingerprint density at radius 3 is 2.26 bits per heavy atom. The Morgan fingerprint density at radius 2 is 1.74 bits per heavy atom. The van der Waals surface area contributed by atoms with Crippen LogP contribution in [0.2, 0.25) is 0 Å². The summed E-state index contributed by atoms with van der Waals surface area (Å²) in [6, 6.07) is 4.08. The smallest absolute Gasteiger partial charge is 0.283 e. The van der Waals surface area contributed by atoms with E-state index in [0.29, 0.717) is 18.5 Å². The molecule has 2 heterocycles. The van der Waals surface area contributed by atoms with E-state index in [-0.39, 0.29) is 45.1 Å². The van der Waals surface area contributed by atoms with E-state index in [9.17, 15) is 26.7 Å². The molecule has 0 fully saturated rings. The first kappa shape index (κ1) is 26.4. The van der Waals surface area contributed by atoms with E-state index in [1.54, 1.807) is 23.1 Å². The van der Waals surface area contributed by atoms with Gasteiger partial charge in [0.2, 0.25) is 0 Å². The van der Waals surface area contributed by atoms with Crippen LogP contribution < -0.4 is 0 Å². The summed E-state index contributed by atoms with van der Waals surface area (Å²) < 4.78 is 53.3. The number of hydrogen-bond acceptors (Lipinski definition) is 6. The number of carbonyl (C=O) groups is 1. The molecule has 0 spiro atoms. The first-order valence-corrected chi connectivity index (χ1v) is 14.7. The maximum Gasteiger partial charge on any atom is 0.283 e. The molecule has 0 aliphatic carbocycles. The van der Waals surface area contributed by atoms with Gasteiger partial charge in [-0.1, -0.05) is 59.7 Å². The van der Waals surface area contributed by atoms with Gasteiger partial charge in [0.1, 0.15) is 31.8 Å². The maximum absolute atomic E-state index is 13.6. The third-order valence-corrected chi connectivity index (χ3v) is 8.39. The van der Waals surface area contributed by atoms with Gasteiger partial charge in [0.15, 0.2) is 0 Å². The van der Waals surface area contributed by atoms with Crippen LogP contribution in [0, 0.1) is 10.8 Å². The van der Waals surface area contributed by atoms with Gasteiger partial charge < -0.3 is 10.0 Å². The van der Waals surface area contributed by atoms with E-state index in [0.717, 1.165) is 6.26 Å². The largest absolute Gasteiger partial charge is 0.509 e. The third-order valence-electron chi connectivity index (χ3n) is 6.02. The Morgan fingerprint density at radius 1 is 1.12 bits per heavy atom. The van der Waals surface area contributed by atoms with E-state index < -0.39 is 37.2 Å². The molecule has 188 valence electrons. The normalized spacial score (nSPS) is 20.7. The minimum Gasteiger partial charge on any atom is -0.509 e. The molecule has 1 atom stereocenters. The number of nitrogens with zero attached hydrogens (tertiary/aromatic N) is 2. The molecule has 1 aromatic carbocycles. The zero-order valence-electron chi connectivity index (χ0n) is 20.8. The van der Waals surface area contributed by atoms with Crippen molar-refractivity contribution in [2.45, 2.75) is 65.3 Å². The average Bonchev–Trinajstić information content (AvgIpc) is 3.06. The Balaban J connectivity index is 2.12. The number of aliphatic hydroxyl groups excluding tert-OH is 1. The molecule has 0 bridgehead atoms. The highest BCUT2D eigenvalue weighted by Crippen LogP contribution is 2.41. The van der Waals surface area contributed by atoms with Gasteiger partial charge in [-0.3, -0.25) is 4.79 Å². The second-order valence-electron chi connectivity index (χ2n) is 11.4. The molecule has 2 aliphatic heterocycles. The van der Waals surface area contributed by atoms with Crippen molar-refractivity contribution >= 4 is 31.5 Å². The maximum atomic E-state index is 13.6. The summed E-state index contributed by atoms with van der Waals surface area (Å²) in [6.07, 6.45) is 1.79. The number of amides is 1. The van der Waals surface area contributed by atoms with Crippen molar-refractivity contribution in [3.63, 3.8) is 0 Å². The lowest BCUT2D eigenvalue weighted by molar-refractivity contribution is -0.128. The first-order valence-electron chi connectivity index (χ1n) is 11.2. The van der Waals surface area contributed by atoms with Crippen LogP contribution in [-0.2, 0) is 31.1 Å². The molecule has 0 radical (unpaired) electrons. The van der Waals surface area contributed by atoms with Crippen molar-refractivity contribution in [2.24, 2.45) is 15.2 Å². The molecule has 0 saturated heterocycles. The monoisotopic (exact) mass is 510 g/mol. The van der Waals surface area contributed by atoms with Gasteiger partial charge in [-0.15, -0.1) is 0 Å². The summed E-state index contributed by atoms with van der Waals surface area (Å²) >= 11 is 0. The fourth-order valence-electron chi connectivity index (χ4n) is 4.40. The lowest BCUT2D eigenvalue weighted by Gasteiger charge is -2.36. The highest BCUT2D eigenvalue weighted by molar-refractivity contribution is 7.91. The van der Waals surface area contributed by atoms with E-state index in [1.165, 1.54) is 0 Å². The number of carbonyl (C=O) groups excluding carboxylic acids is 1. The topological polar surface area (TPSA) is 121 Å². The number of aliphatic hydroxyl groups is 1. The van der Waals surface area contributed by atoms with Crippen molar-refractivity contribution in [1.82, 2.24) is 4.90 Å². The minimum atomic E-state index is -4.17. The molecule has 1 aromatic rings. The molecule has 10 heteroatoms. The summed E-state index contributed by atoms with van der Waals surface area (Å²) in [5.74, 6) is -0.854. The minimum absolute atomic E-state index is 0.00529. The predicted octanol–water partition coefficient (Wildman–Crippen LogP) is 3.27. The van der Waals surface area contributed by atoms with Crippen molar-refractivity contribution in [3.8, 4) is 0 Å². The number of benzene rings is 1. The first-order chi connectivity index (χ1) is 15.3. The summed E-state index contributed by atoms with van der Waals surface area (Å²) in [5, 5.41) is 11.3. The van der Waals surface area contributed by atoms with Crippen molar-refractivity contribution in [1.29, 1.82) is 0 Å². The fourth-order valence-corrected chi connectivity index (χ4v) is 6.46. The molecule has 34 heavy (non-hydrogen) atoms. The lowest BCUT2D eigenvalue weighted by Crippen LogP contribution is -2.45. The molecule has 8 nitrogen and oxygen atoms in total. The van der Waals surface area contributed by atoms with Gasteiger partial charge in [0.25, 0.3) is 15.9 Å². The zero-order chi connectivity index (χ0) is 25.9. The average molecular weight is 511 g/mol. The van der Waals surface area contributed by atoms with Gasteiger partial charge in [-0.25, -0.2) is 8.42 Å². The van der Waals surface area contributed by atoms with Crippen LogP contribution in [0.25, 0.3) is 0 Å². The molecule has 0 unspecified atom stereocenters. The molecular weight excluding hydrogens is 476 g/mol. The fraction of sp³-hybridized carbons (Fsp3) is 0.583. The molecule has 1 amide bonds. The number of rotatable bonds is 6. The second-order valence-corrected chi connectivity index (χ2v) is 15.2. The summed E-state index contributed by atoms with van der Waals surface area (Å²) in [7, 11) is -7.48.